The minimum absolute atomic E-state index is 0.255. The van der Waals surface area contributed by atoms with Gasteiger partial charge in [0.25, 0.3) is 0 Å². The molecule has 5 heteroatoms. The number of aromatic nitrogens is 2. The highest BCUT2D eigenvalue weighted by molar-refractivity contribution is 8.14. The number of rotatable bonds is 3. The average Bonchev–Trinajstić information content (AvgIpc) is 3.07. The van der Waals surface area contributed by atoms with Crippen LogP contribution in [-0.2, 0) is 13.5 Å². The van der Waals surface area contributed by atoms with Crippen LogP contribution < -0.4 is 5.32 Å². The minimum atomic E-state index is 0.255. The first-order valence-electron chi connectivity index (χ1n) is 6.81. The standard InChI is InChI=1S/C15H18N4S/c1-3-12-13(9-19(2)18-12)16-15-17-14(10-20-15)11-7-5-4-6-8-11/h4-9,14H,3,10H2,1-2H3,(H,16,17). The third kappa shape index (κ3) is 2.72. The number of benzene rings is 1. The Labute approximate surface area is 123 Å². The molecular formula is C15H18N4S. The van der Waals surface area contributed by atoms with Gasteiger partial charge in [0.2, 0.25) is 0 Å². The second kappa shape index (κ2) is 5.71. The monoisotopic (exact) mass is 286 g/mol. The van der Waals surface area contributed by atoms with Gasteiger partial charge in [-0.15, -0.1) is 0 Å². The second-order valence-electron chi connectivity index (χ2n) is 4.81. The summed E-state index contributed by atoms with van der Waals surface area (Å²) in [6.45, 7) is 2.11. The highest BCUT2D eigenvalue weighted by Gasteiger charge is 2.20. The fourth-order valence-corrected chi connectivity index (χ4v) is 3.27. The van der Waals surface area contributed by atoms with E-state index in [0.717, 1.165) is 28.7 Å². The van der Waals surface area contributed by atoms with E-state index in [1.54, 1.807) is 11.8 Å². The van der Waals surface area contributed by atoms with Gasteiger partial charge in [-0.3, -0.25) is 9.67 Å². The molecule has 1 atom stereocenters. The zero-order chi connectivity index (χ0) is 13.9. The molecule has 20 heavy (non-hydrogen) atoms. The lowest BCUT2D eigenvalue weighted by Gasteiger charge is -2.04. The number of anilines is 1. The summed E-state index contributed by atoms with van der Waals surface area (Å²) in [5, 5.41) is 8.84. The molecule has 1 aliphatic rings. The van der Waals surface area contributed by atoms with Crippen molar-refractivity contribution in [3.63, 3.8) is 0 Å². The summed E-state index contributed by atoms with van der Waals surface area (Å²) in [6, 6.07) is 10.7. The number of amidine groups is 1. The van der Waals surface area contributed by atoms with Gasteiger partial charge in [0, 0.05) is 19.0 Å². The van der Waals surface area contributed by atoms with E-state index in [1.165, 1.54) is 5.56 Å². The summed E-state index contributed by atoms with van der Waals surface area (Å²) < 4.78 is 1.84. The van der Waals surface area contributed by atoms with Crippen LogP contribution in [0.3, 0.4) is 0 Å². The third-order valence-corrected chi connectivity index (χ3v) is 4.28. The van der Waals surface area contributed by atoms with Gasteiger partial charge in [-0.2, -0.15) is 5.10 Å². The highest BCUT2D eigenvalue weighted by Crippen LogP contribution is 2.31. The van der Waals surface area contributed by atoms with Crippen LogP contribution in [0.1, 0.15) is 24.2 Å². The summed E-state index contributed by atoms with van der Waals surface area (Å²) in [4.78, 5) is 4.77. The molecule has 4 nitrogen and oxygen atoms in total. The Hall–Kier alpha value is -1.75. The van der Waals surface area contributed by atoms with E-state index in [4.69, 9.17) is 4.99 Å². The van der Waals surface area contributed by atoms with E-state index in [9.17, 15) is 0 Å². The molecule has 1 N–H and O–H groups in total. The molecule has 2 heterocycles. The summed E-state index contributed by atoms with van der Waals surface area (Å²) in [6.07, 6.45) is 2.93. The van der Waals surface area contributed by atoms with Crippen LogP contribution in [0.5, 0.6) is 0 Å². The van der Waals surface area contributed by atoms with Crippen molar-refractivity contribution in [2.75, 3.05) is 11.1 Å². The molecule has 1 unspecified atom stereocenters. The van der Waals surface area contributed by atoms with Crippen LogP contribution in [-0.4, -0.2) is 20.7 Å². The largest absolute Gasteiger partial charge is 0.332 e. The maximum atomic E-state index is 4.77. The number of aliphatic imine (C=N–C) groups is 1. The number of hydrogen-bond donors (Lipinski definition) is 1. The van der Waals surface area contributed by atoms with Crippen LogP contribution in [0.2, 0.25) is 0 Å². The van der Waals surface area contributed by atoms with E-state index in [2.05, 4.69) is 41.6 Å². The van der Waals surface area contributed by atoms with Crippen LogP contribution in [0.25, 0.3) is 0 Å². The molecule has 1 aliphatic heterocycles. The molecule has 0 aliphatic carbocycles. The van der Waals surface area contributed by atoms with Crippen LogP contribution in [0, 0.1) is 0 Å². The molecule has 1 aromatic carbocycles. The Morgan fingerprint density at radius 2 is 2.15 bits per heavy atom. The average molecular weight is 286 g/mol. The molecule has 104 valence electrons. The van der Waals surface area contributed by atoms with Crippen LogP contribution in [0.4, 0.5) is 5.69 Å². The fourth-order valence-electron chi connectivity index (χ4n) is 2.30. The molecule has 3 rings (SSSR count). The molecule has 0 spiro atoms. The Bertz CT molecular complexity index is 618. The van der Waals surface area contributed by atoms with Crippen molar-refractivity contribution < 1.29 is 0 Å². The fraction of sp³-hybridized carbons (Fsp3) is 0.333. The molecule has 1 aromatic heterocycles. The van der Waals surface area contributed by atoms with Crippen molar-refractivity contribution in [1.29, 1.82) is 0 Å². The number of thioether (sulfide) groups is 1. The number of nitrogens with one attached hydrogen (secondary N) is 1. The second-order valence-corrected chi connectivity index (χ2v) is 5.82. The van der Waals surface area contributed by atoms with Gasteiger partial charge in [-0.1, -0.05) is 49.0 Å². The van der Waals surface area contributed by atoms with Gasteiger partial charge >= 0.3 is 0 Å². The highest BCUT2D eigenvalue weighted by atomic mass is 32.2. The van der Waals surface area contributed by atoms with Crippen LogP contribution in [0.15, 0.2) is 41.5 Å². The van der Waals surface area contributed by atoms with Gasteiger partial charge in [-0.05, 0) is 12.0 Å². The summed E-state index contributed by atoms with van der Waals surface area (Å²) in [5.74, 6) is 0.994. The predicted molar refractivity (Wildman–Crippen MR) is 85.3 cm³/mol. The lowest BCUT2D eigenvalue weighted by atomic mass is 10.1. The molecule has 0 radical (unpaired) electrons. The van der Waals surface area contributed by atoms with E-state index in [0.29, 0.717) is 0 Å². The molecule has 0 bridgehead atoms. The Balaban J connectivity index is 1.76. The zero-order valence-electron chi connectivity index (χ0n) is 11.7. The normalized spacial score (nSPS) is 18.1. The van der Waals surface area contributed by atoms with Gasteiger partial charge in [-0.25, -0.2) is 0 Å². The molecular weight excluding hydrogens is 268 g/mol. The smallest absolute Gasteiger partial charge is 0.161 e. The maximum absolute atomic E-state index is 4.77. The van der Waals surface area contributed by atoms with Crippen molar-refractivity contribution in [2.45, 2.75) is 19.4 Å². The summed E-state index contributed by atoms with van der Waals surface area (Å²) >= 11 is 1.77. The third-order valence-electron chi connectivity index (χ3n) is 3.32. The summed E-state index contributed by atoms with van der Waals surface area (Å²) in [5.41, 5.74) is 3.42. The first-order chi connectivity index (χ1) is 9.76. The first-order valence-corrected chi connectivity index (χ1v) is 7.80. The Morgan fingerprint density at radius 3 is 2.90 bits per heavy atom. The van der Waals surface area contributed by atoms with Gasteiger partial charge in [0.15, 0.2) is 5.17 Å². The van der Waals surface area contributed by atoms with Crippen molar-refractivity contribution in [2.24, 2.45) is 12.0 Å². The molecule has 2 aromatic rings. The predicted octanol–water partition coefficient (Wildman–Crippen LogP) is 3.24. The first kappa shape index (κ1) is 13.2. The van der Waals surface area contributed by atoms with Gasteiger partial charge in [0.1, 0.15) is 0 Å². The minimum Gasteiger partial charge on any atom is -0.332 e. The zero-order valence-corrected chi connectivity index (χ0v) is 12.5. The van der Waals surface area contributed by atoms with E-state index in [-0.39, 0.29) is 6.04 Å². The maximum Gasteiger partial charge on any atom is 0.161 e. The van der Waals surface area contributed by atoms with Crippen molar-refractivity contribution >= 4 is 22.6 Å². The number of nitrogens with zero attached hydrogens (tertiary/aromatic N) is 3. The number of hydrogen-bond acceptors (Lipinski definition) is 4. The quantitative estimate of drug-likeness (QED) is 0.942. The topological polar surface area (TPSA) is 42.2 Å². The van der Waals surface area contributed by atoms with Crippen molar-refractivity contribution in [3.8, 4) is 0 Å². The van der Waals surface area contributed by atoms with Gasteiger partial charge < -0.3 is 5.32 Å². The van der Waals surface area contributed by atoms with E-state index in [1.807, 2.05) is 24.0 Å². The molecule has 0 fully saturated rings. The molecule has 0 amide bonds. The van der Waals surface area contributed by atoms with Crippen molar-refractivity contribution in [3.05, 3.63) is 47.8 Å². The Morgan fingerprint density at radius 1 is 1.35 bits per heavy atom. The van der Waals surface area contributed by atoms with E-state index >= 15 is 0 Å². The SMILES string of the molecule is CCc1nn(C)cc1NC1=NC(c2ccccc2)CS1. The number of aryl methyl sites for hydroxylation is 2. The van der Waals surface area contributed by atoms with Gasteiger partial charge in [0.05, 0.1) is 17.4 Å². The van der Waals surface area contributed by atoms with Crippen molar-refractivity contribution in [1.82, 2.24) is 9.78 Å². The summed E-state index contributed by atoms with van der Waals surface area (Å²) in [7, 11) is 1.95. The lowest BCUT2D eigenvalue weighted by molar-refractivity contribution is 0.746. The molecule has 0 saturated carbocycles. The molecule has 0 saturated heterocycles. The Kier molecular flexibility index (Phi) is 3.78. The van der Waals surface area contributed by atoms with Crippen LogP contribution >= 0.6 is 11.8 Å². The van der Waals surface area contributed by atoms with E-state index < -0.39 is 0 Å². The lowest BCUT2D eigenvalue weighted by Crippen LogP contribution is -2.05.